The van der Waals surface area contributed by atoms with E-state index >= 15 is 0 Å². The maximum Gasteiger partial charge on any atom is 0.279 e. The molecule has 12 N–H and O–H groups in total. The molecule has 0 saturated heterocycles. The fraction of sp³-hybridized carbons (Fsp3) is 0.700. The molecule has 4 saturated carbocycles. The summed E-state index contributed by atoms with van der Waals surface area (Å²) in [5, 5.41) is 43.4. The van der Waals surface area contributed by atoms with E-state index in [1.54, 1.807) is 0 Å². The van der Waals surface area contributed by atoms with Gasteiger partial charge in [0.2, 0.25) is 0 Å². The van der Waals surface area contributed by atoms with Crippen molar-refractivity contribution in [1.82, 2.24) is 10.6 Å². The molecule has 0 heterocycles. The van der Waals surface area contributed by atoms with Crippen LogP contribution in [0.1, 0.15) is 114 Å². The van der Waals surface area contributed by atoms with Gasteiger partial charge in [-0.05, 0) is 63.5 Å². The molecule has 0 bridgehead atoms. The number of halogens is 10. The summed E-state index contributed by atoms with van der Waals surface area (Å²) in [6, 6.07) is 17.1. The number of rotatable bonds is 6. The summed E-state index contributed by atoms with van der Waals surface area (Å²) >= 11 is 0. The fourth-order valence-corrected chi connectivity index (χ4v) is 7.48. The number of nitrogens with one attached hydrogen (secondary N) is 2. The molecule has 4 aliphatic rings. The first-order valence-corrected chi connectivity index (χ1v) is 19.6. The Balaban J connectivity index is 0.000000396. The maximum atomic E-state index is 13.4. The standard InChI is InChI=1S/2C14H19F2NO.2C6H11F2NO.2ClH/c2*1-10(11-6-3-2-4-7-11)17-12-8-5-9-14(15,16)13(12)18;2*7-6(8)3-1-2-4(9)5(6)10;;/h2*2-4,6-7,10,12-13,17-18H,5,8-9H2,1H3;2*4-5,10H,1-3,9H2;2*1H/t10-,12+,13-;10-,12-,13+;2*4-,5+;;/m1110../s1. The third kappa shape index (κ3) is 15.9. The number of quaternary nitrogens is 2. The molecule has 0 amide bonds. The van der Waals surface area contributed by atoms with Crippen LogP contribution in [-0.4, -0.2) is 92.7 Å². The summed E-state index contributed by atoms with van der Waals surface area (Å²) in [6.45, 7) is 3.85. The summed E-state index contributed by atoms with van der Waals surface area (Å²) in [5.74, 6) is -11.7. The lowest BCUT2D eigenvalue weighted by atomic mass is 9.88. The molecule has 0 unspecified atom stereocenters. The van der Waals surface area contributed by atoms with Crippen molar-refractivity contribution in [2.75, 3.05) is 0 Å². The Kier molecular flexibility index (Phi) is 22.4. The van der Waals surface area contributed by atoms with E-state index in [2.05, 4.69) is 22.1 Å². The third-order valence-corrected chi connectivity index (χ3v) is 11.1. The smallest absolute Gasteiger partial charge is 0.279 e. The predicted octanol–water partition coefficient (Wildman–Crippen LogP) is -0.666. The average Bonchev–Trinajstić information content (AvgIpc) is 3.15. The molecule has 6 rings (SSSR count). The number of aliphatic hydroxyl groups is 4. The zero-order chi connectivity index (χ0) is 41.9. The first-order valence-electron chi connectivity index (χ1n) is 19.6. The summed E-state index contributed by atoms with van der Waals surface area (Å²) in [4.78, 5) is 0. The van der Waals surface area contributed by atoms with Gasteiger partial charge in [-0.3, -0.25) is 0 Å². The highest BCUT2D eigenvalue weighted by Gasteiger charge is 2.49. The number of benzene rings is 2. The van der Waals surface area contributed by atoms with Gasteiger partial charge in [-0.1, -0.05) is 60.7 Å². The maximum absolute atomic E-state index is 13.4. The second-order valence-electron chi connectivity index (χ2n) is 15.7. The summed E-state index contributed by atoms with van der Waals surface area (Å²) in [7, 11) is 0. The van der Waals surface area contributed by atoms with Crippen molar-refractivity contribution in [1.29, 1.82) is 0 Å². The Morgan fingerprint density at radius 2 is 0.741 bits per heavy atom. The molecule has 2 aromatic carbocycles. The molecule has 8 nitrogen and oxygen atoms in total. The molecule has 336 valence electrons. The largest absolute Gasteiger partial charge is 1.00 e. The lowest BCUT2D eigenvalue weighted by Crippen LogP contribution is -3.00. The van der Waals surface area contributed by atoms with Gasteiger partial charge in [0.05, 0.1) is 0 Å². The van der Waals surface area contributed by atoms with E-state index in [0.717, 1.165) is 11.1 Å². The number of hydrogen-bond acceptors (Lipinski definition) is 6. The number of aliphatic hydroxyl groups excluding tert-OH is 4. The monoisotopic (exact) mass is 884 g/mol. The molecule has 0 radical (unpaired) electrons. The van der Waals surface area contributed by atoms with Crippen LogP contribution >= 0.6 is 0 Å². The minimum atomic E-state index is -2.97. The topological polar surface area (TPSA) is 160 Å². The van der Waals surface area contributed by atoms with Crippen molar-refractivity contribution >= 4 is 0 Å². The summed E-state index contributed by atoms with van der Waals surface area (Å²) in [5.41, 5.74) is 8.97. The van der Waals surface area contributed by atoms with Gasteiger partial charge >= 0.3 is 0 Å². The molecular formula is C40H62Cl2F8N4O4. The summed E-state index contributed by atoms with van der Waals surface area (Å²) in [6.07, 6.45) is -2.81. The van der Waals surface area contributed by atoms with Gasteiger partial charge in [0, 0.05) is 62.7 Å². The van der Waals surface area contributed by atoms with Crippen LogP contribution in [0.4, 0.5) is 35.1 Å². The molecule has 4 fully saturated rings. The Morgan fingerprint density at radius 1 is 0.483 bits per heavy atom. The van der Waals surface area contributed by atoms with Crippen LogP contribution in [0.15, 0.2) is 60.7 Å². The van der Waals surface area contributed by atoms with Crippen LogP contribution in [0.3, 0.4) is 0 Å². The van der Waals surface area contributed by atoms with Crippen LogP contribution in [0.2, 0.25) is 0 Å². The van der Waals surface area contributed by atoms with E-state index in [9.17, 15) is 45.3 Å². The van der Waals surface area contributed by atoms with Gasteiger partial charge in [0.1, 0.15) is 24.3 Å². The Morgan fingerprint density at radius 3 is 1.00 bits per heavy atom. The quantitative estimate of drug-likeness (QED) is 0.180. The van der Waals surface area contributed by atoms with E-state index in [1.165, 1.54) is 0 Å². The molecule has 10 atom stereocenters. The highest BCUT2D eigenvalue weighted by molar-refractivity contribution is 5.19. The first-order chi connectivity index (χ1) is 26.1. The van der Waals surface area contributed by atoms with Gasteiger partial charge in [0.15, 0.2) is 12.2 Å². The Labute approximate surface area is 348 Å². The number of hydrogen-bond donors (Lipinski definition) is 8. The molecular weight excluding hydrogens is 823 g/mol. The van der Waals surface area contributed by atoms with E-state index in [0.29, 0.717) is 51.4 Å². The lowest BCUT2D eigenvalue weighted by Gasteiger charge is -2.36. The van der Waals surface area contributed by atoms with Gasteiger partial charge < -0.3 is 67.3 Å². The van der Waals surface area contributed by atoms with Crippen molar-refractivity contribution in [2.45, 2.75) is 175 Å². The minimum Gasteiger partial charge on any atom is -1.00 e. The van der Waals surface area contributed by atoms with Gasteiger partial charge in [-0.25, -0.2) is 35.1 Å². The van der Waals surface area contributed by atoms with E-state index in [-0.39, 0.29) is 62.6 Å². The predicted molar refractivity (Wildman–Crippen MR) is 196 cm³/mol. The second-order valence-corrected chi connectivity index (χ2v) is 15.7. The molecule has 0 aromatic heterocycles. The van der Waals surface area contributed by atoms with Crippen LogP contribution in [-0.2, 0) is 0 Å². The zero-order valence-corrected chi connectivity index (χ0v) is 34.5. The van der Waals surface area contributed by atoms with Gasteiger partial charge in [-0.15, -0.1) is 0 Å². The third-order valence-electron chi connectivity index (χ3n) is 11.1. The van der Waals surface area contributed by atoms with E-state index in [4.69, 9.17) is 10.2 Å². The highest BCUT2D eigenvalue weighted by atomic mass is 35.5. The normalized spacial score (nSPS) is 31.6. The second kappa shape index (κ2) is 24.0. The zero-order valence-electron chi connectivity index (χ0n) is 33.0. The van der Waals surface area contributed by atoms with Gasteiger partial charge in [0.25, 0.3) is 23.7 Å². The van der Waals surface area contributed by atoms with Crippen molar-refractivity contribution in [3.63, 3.8) is 0 Å². The van der Waals surface area contributed by atoms with Crippen LogP contribution < -0.4 is 46.9 Å². The van der Waals surface area contributed by atoms with Crippen molar-refractivity contribution in [3.8, 4) is 0 Å². The molecule has 4 aliphatic carbocycles. The van der Waals surface area contributed by atoms with Crippen molar-refractivity contribution in [3.05, 3.63) is 71.8 Å². The van der Waals surface area contributed by atoms with Crippen molar-refractivity contribution < 1.29 is 91.8 Å². The first kappa shape index (κ1) is 54.2. The van der Waals surface area contributed by atoms with Crippen LogP contribution in [0.5, 0.6) is 0 Å². The van der Waals surface area contributed by atoms with E-state index in [1.807, 2.05) is 74.5 Å². The van der Waals surface area contributed by atoms with Gasteiger partial charge in [-0.2, -0.15) is 0 Å². The molecule has 0 aliphatic heterocycles. The Hall–Kier alpha value is -1.86. The molecule has 58 heavy (non-hydrogen) atoms. The van der Waals surface area contributed by atoms with Crippen LogP contribution in [0, 0.1) is 0 Å². The molecule has 18 heteroatoms. The summed E-state index contributed by atoms with van der Waals surface area (Å²) < 4.78 is 104. The highest BCUT2D eigenvalue weighted by Crippen LogP contribution is 2.36. The van der Waals surface area contributed by atoms with E-state index < -0.39 is 72.3 Å². The SMILES string of the molecule is C[C@@H](N[C@@H]1CCCC(F)(F)[C@H]1O)c1ccccc1.C[C@@H](N[C@H]1CCCC(F)(F)[C@@H]1O)c1ccccc1.[Cl-].[Cl-].[NH3+][C@@H]1CCCC(F)(F)[C@H]1O.[NH3+][C@H]1CCCC(F)(F)[C@@H]1O. The van der Waals surface area contributed by atoms with Crippen molar-refractivity contribution in [2.24, 2.45) is 0 Å². The minimum absolute atomic E-state index is 0. The molecule has 0 spiro atoms. The fourth-order valence-electron chi connectivity index (χ4n) is 7.48. The lowest BCUT2D eigenvalue weighted by molar-refractivity contribution is -0.457. The average molecular weight is 886 g/mol. The Bertz CT molecular complexity index is 1320. The molecule has 2 aromatic rings. The van der Waals surface area contributed by atoms with Crippen LogP contribution in [0.25, 0.3) is 0 Å². The number of alkyl halides is 8.